The molecular weight excluding hydrogens is 334 g/mol. The SMILES string of the molecule is Cc1cccc(Cc2cnc(NC(=O)[C@H](C)NC(=O)C(C)(C)C)s2)c1. The number of anilines is 1. The van der Waals surface area contributed by atoms with E-state index in [0.717, 1.165) is 11.3 Å². The lowest BCUT2D eigenvalue weighted by atomic mass is 9.95. The molecule has 0 spiro atoms. The van der Waals surface area contributed by atoms with Gasteiger partial charge in [0.1, 0.15) is 6.04 Å². The van der Waals surface area contributed by atoms with Gasteiger partial charge in [-0.15, -0.1) is 11.3 Å². The topological polar surface area (TPSA) is 71.1 Å². The Morgan fingerprint density at radius 2 is 2.00 bits per heavy atom. The quantitative estimate of drug-likeness (QED) is 0.858. The summed E-state index contributed by atoms with van der Waals surface area (Å²) in [5.74, 6) is -0.427. The monoisotopic (exact) mass is 359 g/mol. The molecule has 1 aromatic carbocycles. The Bertz CT molecular complexity index is 762. The Hall–Kier alpha value is -2.21. The first-order chi connectivity index (χ1) is 11.6. The lowest BCUT2D eigenvalue weighted by Gasteiger charge is -2.21. The van der Waals surface area contributed by atoms with Crippen LogP contribution in [0.3, 0.4) is 0 Å². The van der Waals surface area contributed by atoms with Gasteiger partial charge in [0, 0.05) is 22.9 Å². The Morgan fingerprint density at radius 1 is 1.28 bits per heavy atom. The largest absolute Gasteiger partial charge is 0.344 e. The van der Waals surface area contributed by atoms with Gasteiger partial charge in [0.2, 0.25) is 11.8 Å². The van der Waals surface area contributed by atoms with E-state index in [9.17, 15) is 9.59 Å². The number of aromatic nitrogens is 1. The van der Waals surface area contributed by atoms with Gasteiger partial charge in [-0.1, -0.05) is 50.6 Å². The normalized spacial score (nSPS) is 12.5. The number of amides is 2. The average molecular weight is 359 g/mol. The average Bonchev–Trinajstić information content (AvgIpc) is 2.93. The summed E-state index contributed by atoms with van der Waals surface area (Å²) in [6.45, 7) is 9.16. The van der Waals surface area contributed by atoms with Crippen LogP contribution in [0, 0.1) is 12.3 Å². The molecule has 0 aliphatic carbocycles. The smallest absolute Gasteiger partial charge is 0.248 e. The number of carbonyl (C=O) groups excluding carboxylic acids is 2. The van der Waals surface area contributed by atoms with Gasteiger partial charge >= 0.3 is 0 Å². The number of rotatable bonds is 5. The van der Waals surface area contributed by atoms with Gasteiger partial charge in [0.25, 0.3) is 0 Å². The maximum absolute atomic E-state index is 12.2. The van der Waals surface area contributed by atoms with Crippen molar-refractivity contribution in [1.82, 2.24) is 10.3 Å². The predicted molar refractivity (Wildman–Crippen MR) is 102 cm³/mol. The fraction of sp³-hybridized carbons (Fsp3) is 0.421. The highest BCUT2D eigenvalue weighted by Crippen LogP contribution is 2.22. The Labute approximate surface area is 152 Å². The van der Waals surface area contributed by atoms with Gasteiger partial charge in [-0.2, -0.15) is 0 Å². The zero-order chi connectivity index (χ0) is 18.6. The van der Waals surface area contributed by atoms with Crippen molar-refractivity contribution in [3.63, 3.8) is 0 Å². The van der Waals surface area contributed by atoms with Crippen LogP contribution in [-0.4, -0.2) is 22.8 Å². The fourth-order valence-corrected chi connectivity index (χ4v) is 3.01. The fourth-order valence-electron chi connectivity index (χ4n) is 2.16. The van der Waals surface area contributed by atoms with E-state index in [-0.39, 0.29) is 11.8 Å². The van der Waals surface area contributed by atoms with Gasteiger partial charge in [0.15, 0.2) is 5.13 Å². The Balaban J connectivity index is 1.94. The van der Waals surface area contributed by atoms with Crippen LogP contribution in [0.25, 0.3) is 0 Å². The number of nitrogens with zero attached hydrogens (tertiary/aromatic N) is 1. The molecule has 1 atom stereocenters. The van der Waals surface area contributed by atoms with Crippen LogP contribution in [0.4, 0.5) is 5.13 Å². The standard InChI is InChI=1S/C19H25N3O2S/c1-12-7-6-8-14(9-12)10-15-11-20-18(25-15)22-16(23)13(2)21-17(24)19(3,4)5/h6-9,11,13H,10H2,1-5H3,(H,21,24)(H,20,22,23)/t13-/m0/s1. The minimum atomic E-state index is -0.615. The number of benzene rings is 1. The van der Waals surface area contributed by atoms with Crippen molar-refractivity contribution in [2.45, 2.75) is 47.1 Å². The zero-order valence-electron chi connectivity index (χ0n) is 15.3. The van der Waals surface area contributed by atoms with Crippen molar-refractivity contribution in [3.05, 3.63) is 46.5 Å². The first-order valence-corrected chi connectivity index (χ1v) is 9.09. The predicted octanol–water partition coefficient (Wildman–Crippen LogP) is 3.53. The number of nitrogens with one attached hydrogen (secondary N) is 2. The highest BCUT2D eigenvalue weighted by molar-refractivity contribution is 7.15. The van der Waals surface area contributed by atoms with E-state index < -0.39 is 11.5 Å². The van der Waals surface area contributed by atoms with Crippen molar-refractivity contribution in [3.8, 4) is 0 Å². The summed E-state index contributed by atoms with van der Waals surface area (Å²) in [4.78, 5) is 29.5. The molecule has 1 heterocycles. The molecule has 134 valence electrons. The maximum Gasteiger partial charge on any atom is 0.248 e. The highest BCUT2D eigenvalue weighted by Gasteiger charge is 2.25. The lowest BCUT2D eigenvalue weighted by molar-refractivity contribution is -0.131. The van der Waals surface area contributed by atoms with E-state index in [0.29, 0.717) is 5.13 Å². The summed E-state index contributed by atoms with van der Waals surface area (Å²) in [5, 5.41) is 6.03. The first kappa shape index (κ1) is 19.1. The van der Waals surface area contributed by atoms with Crippen LogP contribution in [0.5, 0.6) is 0 Å². The van der Waals surface area contributed by atoms with Gasteiger partial charge in [-0.05, 0) is 19.4 Å². The van der Waals surface area contributed by atoms with E-state index in [4.69, 9.17) is 0 Å². The van der Waals surface area contributed by atoms with E-state index in [1.54, 1.807) is 13.1 Å². The van der Waals surface area contributed by atoms with Crippen molar-refractivity contribution >= 4 is 28.3 Å². The van der Waals surface area contributed by atoms with Crippen LogP contribution in [-0.2, 0) is 16.0 Å². The third-order valence-electron chi connectivity index (χ3n) is 3.67. The van der Waals surface area contributed by atoms with Crippen LogP contribution in [0.2, 0.25) is 0 Å². The summed E-state index contributed by atoms with van der Waals surface area (Å²) in [6, 6.07) is 7.70. The van der Waals surface area contributed by atoms with Crippen LogP contribution >= 0.6 is 11.3 Å². The molecule has 0 unspecified atom stereocenters. The van der Waals surface area contributed by atoms with Crippen molar-refractivity contribution < 1.29 is 9.59 Å². The summed E-state index contributed by atoms with van der Waals surface area (Å²) >= 11 is 1.45. The minimum Gasteiger partial charge on any atom is -0.344 e. The molecule has 0 bridgehead atoms. The number of carbonyl (C=O) groups is 2. The second-order valence-electron chi connectivity index (χ2n) is 7.23. The highest BCUT2D eigenvalue weighted by atomic mass is 32.1. The Morgan fingerprint density at radius 3 is 2.64 bits per heavy atom. The molecule has 0 aliphatic heterocycles. The third-order valence-corrected chi connectivity index (χ3v) is 4.58. The summed E-state index contributed by atoms with van der Waals surface area (Å²) < 4.78 is 0. The number of hydrogen-bond acceptors (Lipinski definition) is 4. The second-order valence-corrected chi connectivity index (χ2v) is 8.35. The molecule has 2 aromatic rings. The van der Waals surface area contributed by atoms with Gasteiger partial charge in [-0.25, -0.2) is 4.98 Å². The number of thiazole rings is 1. The van der Waals surface area contributed by atoms with Crippen LogP contribution in [0.1, 0.15) is 43.7 Å². The van der Waals surface area contributed by atoms with E-state index in [1.807, 2.05) is 26.8 Å². The first-order valence-electron chi connectivity index (χ1n) is 8.27. The van der Waals surface area contributed by atoms with Gasteiger partial charge < -0.3 is 10.6 Å². The molecule has 0 saturated heterocycles. The molecule has 0 aliphatic rings. The van der Waals surface area contributed by atoms with Gasteiger partial charge in [0.05, 0.1) is 0 Å². The molecule has 2 amide bonds. The van der Waals surface area contributed by atoms with Crippen molar-refractivity contribution in [2.24, 2.45) is 5.41 Å². The van der Waals surface area contributed by atoms with Crippen LogP contribution < -0.4 is 10.6 Å². The molecule has 1 aromatic heterocycles. The minimum absolute atomic E-state index is 0.158. The molecule has 2 rings (SSSR count). The molecule has 5 nitrogen and oxygen atoms in total. The molecule has 25 heavy (non-hydrogen) atoms. The molecule has 0 fully saturated rings. The summed E-state index contributed by atoms with van der Waals surface area (Å²) in [6.07, 6.45) is 2.56. The number of aryl methyl sites for hydroxylation is 1. The molecule has 0 saturated carbocycles. The number of hydrogen-bond donors (Lipinski definition) is 2. The third kappa shape index (κ3) is 5.67. The van der Waals surface area contributed by atoms with Crippen molar-refractivity contribution in [2.75, 3.05) is 5.32 Å². The van der Waals surface area contributed by atoms with Crippen molar-refractivity contribution in [1.29, 1.82) is 0 Å². The van der Waals surface area contributed by atoms with E-state index >= 15 is 0 Å². The lowest BCUT2D eigenvalue weighted by Crippen LogP contribution is -2.46. The summed E-state index contributed by atoms with van der Waals surface area (Å²) in [7, 11) is 0. The van der Waals surface area contributed by atoms with Crippen LogP contribution in [0.15, 0.2) is 30.5 Å². The molecule has 0 radical (unpaired) electrons. The van der Waals surface area contributed by atoms with E-state index in [1.165, 1.54) is 22.5 Å². The molecular formula is C19H25N3O2S. The molecule has 2 N–H and O–H groups in total. The molecule has 6 heteroatoms. The van der Waals surface area contributed by atoms with E-state index in [2.05, 4.69) is 40.7 Å². The maximum atomic E-state index is 12.2. The van der Waals surface area contributed by atoms with Gasteiger partial charge in [-0.3, -0.25) is 9.59 Å². The second kappa shape index (κ2) is 7.78. The summed E-state index contributed by atoms with van der Waals surface area (Å²) in [5.41, 5.74) is 1.91. The Kier molecular flexibility index (Phi) is 5.95. The zero-order valence-corrected chi connectivity index (χ0v) is 16.2.